The third-order valence-corrected chi connectivity index (χ3v) is 3.49. The minimum atomic E-state index is -0.0378. The molecule has 0 saturated heterocycles. The first-order chi connectivity index (χ1) is 9.19. The van der Waals surface area contributed by atoms with Crippen molar-refractivity contribution in [3.05, 3.63) is 35.9 Å². The predicted molar refractivity (Wildman–Crippen MR) is 75.9 cm³/mol. The van der Waals surface area contributed by atoms with Gasteiger partial charge in [-0.25, -0.2) is 0 Å². The number of methoxy groups -OCH3 is 1. The zero-order valence-corrected chi connectivity index (χ0v) is 11.8. The van der Waals surface area contributed by atoms with Gasteiger partial charge in [-0.2, -0.15) is 0 Å². The fourth-order valence-electron chi connectivity index (χ4n) is 2.28. The minimum Gasteiger partial charge on any atom is -0.396 e. The summed E-state index contributed by atoms with van der Waals surface area (Å²) in [6.07, 6.45) is 3.13. The van der Waals surface area contributed by atoms with Crippen molar-refractivity contribution in [3.8, 4) is 0 Å². The van der Waals surface area contributed by atoms with Gasteiger partial charge in [0.25, 0.3) is 0 Å². The van der Waals surface area contributed by atoms with Gasteiger partial charge in [0.1, 0.15) is 5.78 Å². The number of hydrogen-bond donors (Lipinski definition) is 1. The lowest BCUT2D eigenvalue weighted by atomic mass is 9.89. The van der Waals surface area contributed by atoms with Crippen LogP contribution in [0.1, 0.15) is 44.3 Å². The Morgan fingerprint density at radius 1 is 1.26 bits per heavy atom. The lowest BCUT2D eigenvalue weighted by Crippen LogP contribution is -2.16. The van der Waals surface area contributed by atoms with Crippen LogP contribution in [0.2, 0.25) is 0 Å². The second-order valence-electron chi connectivity index (χ2n) is 4.90. The van der Waals surface area contributed by atoms with E-state index in [0.29, 0.717) is 6.42 Å². The highest BCUT2D eigenvalue weighted by Gasteiger charge is 2.20. The Morgan fingerprint density at radius 3 is 2.47 bits per heavy atom. The molecular weight excluding hydrogens is 240 g/mol. The van der Waals surface area contributed by atoms with Crippen molar-refractivity contribution in [1.29, 1.82) is 0 Å². The molecule has 0 radical (unpaired) electrons. The highest BCUT2D eigenvalue weighted by molar-refractivity contribution is 5.78. The van der Waals surface area contributed by atoms with E-state index in [1.807, 2.05) is 30.3 Å². The maximum absolute atomic E-state index is 11.7. The van der Waals surface area contributed by atoms with Gasteiger partial charge in [0.2, 0.25) is 0 Å². The van der Waals surface area contributed by atoms with Gasteiger partial charge in [0.15, 0.2) is 0 Å². The fraction of sp³-hybridized carbons (Fsp3) is 0.562. The Bertz CT molecular complexity index is 362. The van der Waals surface area contributed by atoms with Crippen molar-refractivity contribution >= 4 is 5.78 Å². The zero-order valence-electron chi connectivity index (χ0n) is 11.8. The molecule has 0 amide bonds. The van der Waals surface area contributed by atoms with Crippen molar-refractivity contribution in [2.24, 2.45) is 5.92 Å². The number of aliphatic hydroxyl groups is 1. The van der Waals surface area contributed by atoms with Crippen molar-refractivity contribution in [3.63, 3.8) is 0 Å². The van der Waals surface area contributed by atoms with Crippen molar-refractivity contribution in [2.45, 2.75) is 38.7 Å². The van der Waals surface area contributed by atoms with Crippen LogP contribution in [0.3, 0.4) is 0 Å². The van der Waals surface area contributed by atoms with Crippen LogP contribution in [0.4, 0.5) is 0 Å². The average molecular weight is 264 g/mol. The lowest BCUT2D eigenvalue weighted by Gasteiger charge is -2.21. The second-order valence-corrected chi connectivity index (χ2v) is 4.90. The molecule has 0 bridgehead atoms. The first kappa shape index (κ1) is 15.9. The first-order valence-corrected chi connectivity index (χ1v) is 6.88. The number of aliphatic hydroxyl groups excluding tert-OH is 1. The summed E-state index contributed by atoms with van der Waals surface area (Å²) in [5.74, 6) is 0.215. The van der Waals surface area contributed by atoms with Gasteiger partial charge >= 0.3 is 0 Å². The number of Topliss-reactive ketones (excluding diaryl/α,β-unsaturated/α-hetero) is 1. The van der Waals surface area contributed by atoms with Gasteiger partial charge in [-0.05, 0) is 31.7 Å². The van der Waals surface area contributed by atoms with Gasteiger partial charge < -0.3 is 9.84 Å². The highest BCUT2D eigenvalue weighted by atomic mass is 16.5. The van der Waals surface area contributed by atoms with E-state index in [1.54, 1.807) is 14.0 Å². The van der Waals surface area contributed by atoms with E-state index in [0.717, 1.165) is 24.8 Å². The van der Waals surface area contributed by atoms with Gasteiger partial charge in [-0.3, -0.25) is 4.79 Å². The Morgan fingerprint density at radius 2 is 1.95 bits per heavy atom. The summed E-state index contributed by atoms with van der Waals surface area (Å²) in [4.78, 5) is 11.7. The summed E-state index contributed by atoms with van der Waals surface area (Å²) in [7, 11) is 1.68. The molecular formula is C16H24O3. The van der Waals surface area contributed by atoms with Gasteiger partial charge in [0.05, 0.1) is 6.10 Å². The molecule has 1 rings (SSSR count). The van der Waals surface area contributed by atoms with Crippen LogP contribution in [0, 0.1) is 5.92 Å². The van der Waals surface area contributed by atoms with Gasteiger partial charge in [-0.15, -0.1) is 0 Å². The third-order valence-electron chi connectivity index (χ3n) is 3.49. The van der Waals surface area contributed by atoms with Crippen molar-refractivity contribution in [1.82, 2.24) is 0 Å². The van der Waals surface area contributed by atoms with E-state index in [1.165, 1.54) is 0 Å². The molecule has 1 N–H and O–H groups in total. The van der Waals surface area contributed by atoms with Crippen LogP contribution in [0.15, 0.2) is 30.3 Å². The van der Waals surface area contributed by atoms with E-state index in [-0.39, 0.29) is 24.4 Å². The maximum Gasteiger partial charge on any atom is 0.133 e. The number of hydrogen-bond acceptors (Lipinski definition) is 3. The standard InChI is InChI=1S/C16H24O3/c1-13(18)15(10-6-7-11-17)12-16(19-2)14-8-4-3-5-9-14/h3-5,8-9,15-17H,6-7,10-12H2,1-2H3/t15-,16+/m0/s1. The summed E-state index contributed by atoms with van der Waals surface area (Å²) >= 11 is 0. The molecule has 0 spiro atoms. The molecule has 106 valence electrons. The zero-order chi connectivity index (χ0) is 14.1. The molecule has 0 heterocycles. The predicted octanol–water partition coefficient (Wildman–Crippen LogP) is 3.13. The molecule has 19 heavy (non-hydrogen) atoms. The largest absolute Gasteiger partial charge is 0.396 e. The number of unbranched alkanes of at least 4 members (excludes halogenated alkanes) is 1. The van der Waals surface area contributed by atoms with Crippen LogP contribution < -0.4 is 0 Å². The number of ether oxygens (including phenoxy) is 1. The van der Waals surface area contributed by atoms with Gasteiger partial charge in [-0.1, -0.05) is 36.8 Å². The van der Waals surface area contributed by atoms with Crippen LogP contribution in [-0.2, 0) is 9.53 Å². The van der Waals surface area contributed by atoms with E-state index in [9.17, 15) is 4.79 Å². The van der Waals surface area contributed by atoms with Crippen LogP contribution in [0.5, 0.6) is 0 Å². The molecule has 0 aliphatic carbocycles. The number of benzene rings is 1. The number of ketones is 1. The SMILES string of the molecule is CO[C@H](C[C@H](CCCCO)C(C)=O)c1ccccc1. The molecule has 1 aromatic carbocycles. The van der Waals surface area contributed by atoms with E-state index >= 15 is 0 Å². The van der Waals surface area contributed by atoms with E-state index in [4.69, 9.17) is 9.84 Å². The average Bonchev–Trinajstić information content (AvgIpc) is 2.43. The Labute approximate surface area is 115 Å². The molecule has 0 saturated carbocycles. The fourth-order valence-corrected chi connectivity index (χ4v) is 2.28. The first-order valence-electron chi connectivity index (χ1n) is 6.88. The molecule has 0 fully saturated rings. The summed E-state index contributed by atoms with van der Waals surface area (Å²) in [5, 5.41) is 8.81. The number of rotatable bonds is 9. The number of carbonyl (C=O) groups is 1. The maximum atomic E-state index is 11.7. The summed E-state index contributed by atoms with van der Waals surface area (Å²) in [6.45, 7) is 1.83. The Kier molecular flexibility index (Phi) is 7.38. The smallest absolute Gasteiger partial charge is 0.133 e. The highest BCUT2D eigenvalue weighted by Crippen LogP contribution is 2.27. The third kappa shape index (κ3) is 5.53. The second kappa shape index (κ2) is 8.83. The molecule has 1 aromatic rings. The molecule has 3 heteroatoms. The van der Waals surface area contributed by atoms with Crippen molar-refractivity contribution in [2.75, 3.05) is 13.7 Å². The van der Waals surface area contributed by atoms with E-state index < -0.39 is 0 Å². The molecule has 3 nitrogen and oxygen atoms in total. The molecule has 0 aromatic heterocycles. The van der Waals surface area contributed by atoms with Crippen LogP contribution in [-0.4, -0.2) is 24.6 Å². The van der Waals surface area contributed by atoms with E-state index in [2.05, 4.69) is 0 Å². The Balaban J connectivity index is 2.62. The number of carbonyl (C=O) groups excluding carboxylic acids is 1. The topological polar surface area (TPSA) is 46.5 Å². The minimum absolute atomic E-state index is 0.0108. The summed E-state index contributed by atoms with van der Waals surface area (Å²) < 4.78 is 5.52. The lowest BCUT2D eigenvalue weighted by molar-refractivity contribution is -0.122. The van der Waals surface area contributed by atoms with Crippen molar-refractivity contribution < 1.29 is 14.6 Å². The molecule has 0 unspecified atom stereocenters. The van der Waals surface area contributed by atoms with Crippen LogP contribution in [0.25, 0.3) is 0 Å². The van der Waals surface area contributed by atoms with Gasteiger partial charge in [0, 0.05) is 19.6 Å². The van der Waals surface area contributed by atoms with Crippen LogP contribution >= 0.6 is 0 Å². The molecule has 2 atom stereocenters. The molecule has 0 aliphatic heterocycles. The monoisotopic (exact) mass is 264 g/mol. The molecule has 0 aliphatic rings. The summed E-state index contributed by atoms with van der Waals surface area (Å²) in [5.41, 5.74) is 1.11. The Hall–Kier alpha value is -1.19. The summed E-state index contributed by atoms with van der Waals surface area (Å²) in [6, 6.07) is 9.99. The quantitative estimate of drug-likeness (QED) is 0.697. The normalized spacial score (nSPS) is 14.1.